The third-order valence-electron chi connectivity index (χ3n) is 2.27. The van der Waals surface area contributed by atoms with Gasteiger partial charge >= 0.3 is 0 Å². The van der Waals surface area contributed by atoms with E-state index in [9.17, 15) is 0 Å². The van der Waals surface area contributed by atoms with Crippen LogP contribution in [-0.4, -0.2) is 18.8 Å². The summed E-state index contributed by atoms with van der Waals surface area (Å²) < 4.78 is 11.0. The van der Waals surface area contributed by atoms with E-state index in [4.69, 9.17) is 21.1 Å². The van der Waals surface area contributed by atoms with Crippen LogP contribution >= 0.6 is 11.6 Å². The fourth-order valence-corrected chi connectivity index (χ4v) is 1.52. The largest absolute Gasteiger partial charge is 0.487 e. The van der Waals surface area contributed by atoms with Crippen LogP contribution in [0, 0.1) is 0 Å². The second kappa shape index (κ2) is 4.69. The highest BCUT2D eigenvalue weighted by Gasteiger charge is 2.33. The highest BCUT2D eigenvalue weighted by atomic mass is 35.5. The lowest BCUT2D eigenvalue weighted by molar-refractivity contribution is 0.162. The summed E-state index contributed by atoms with van der Waals surface area (Å²) in [5.74, 6) is 0.821. The van der Waals surface area contributed by atoms with Crippen LogP contribution in [0.4, 0.5) is 0 Å². The average molecular weight is 225 g/mol. The van der Waals surface area contributed by atoms with Gasteiger partial charge in [-0.2, -0.15) is 0 Å². The normalized spacial score (nSPS) is 20.7. The Morgan fingerprint density at radius 2 is 2.20 bits per heavy atom. The monoisotopic (exact) mass is 224 g/mol. The Balaban J connectivity index is 1.98. The maximum atomic E-state index is 5.79. The van der Waals surface area contributed by atoms with Gasteiger partial charge in [0.25, 0.3) is 0 Å². The maximum Gasteiger partial charge on any atom is 0.130 e. The summed E-state index contributed by atoms with van der Waals surface area (Å²) in [4.78, 5) is 0. The molecule has 0 N–H and O–H groups in total. The van der Waals surface area contributed by atoms with Crippen molar-refractivity contribution in [3.63, 3.8) is 0 Å². The van der Waals surface area contributed by atoms with Gasteiger partial charge < -0.3 is 9.47 Å². The summed E-state index contributed by atoms with van der Waals surface area (Å²) in [5.41, 5.74) is 0. The molecule has 0 amide bonds. The summed E-state index contributed by atoms with van der Waals surface area (Å²) in [5, 5.41) is 0.713. The summed E-state index contributed by atoms with van der Waals surface area (Å²) >= 11 is 5.79. The van der Waals surface area contributed by atoms with E-state index in [-0.39, 0.29) is 12.2 Å². The number of hydrogen-bond acceptors (Lipinski definition) is 2. The van der Waals surface area contributed by atoms with Crippen molar-refractivity contribution in [3.8, 4) is 5.75 Å². The van der Waals surface area contributed by atoms with Gasteiger partial charge in [-0.15, -0.1) is 6.58 Å². The molecule has 0 saturated carbocycles. The molecule has 15 heavy (non-hydrogen) atoms. The lowest BCUT2D eigenvalue weighted by atomic mass is 10.2. The third-order valence-corrected chi connectivity index (χ3v) is 2.53. The molecule has 1 saturated heterocycles. The lowest BCUT2D eigenvalue weighted by Gasteiger charge is -2.15. The molecular weight excluding hydrogens is 212 g/mol. The third kappa shape index (κ3) is 2.98. The Morgan fingerprint density at radius 3 is 2.73 bits per heavy atom. The molecule has 1 fully saturated rings. The van der Waals surface area contributed by atoms with Gasteiger partial charge in [-0.1, -0.05) is 17.7 Å². The second-order valence-electron chi connectivity index (χ2n) is 3.51. The summed E-state index contributed by atoms with van der Waals surface area (Å²) in [7, 11) is 0. The van der Waals surface area contributed by atoms with Crippen LogP contribution in [-0.2, 0) is 4.74 Å². The number of hydrogen-bond donors (Lipinski definition) is 0. The molecule has 0 bridgehead atoms. The van der Waals surface area contributed by atoms with Crippen LogP contribution in [0.15, 0.2) is 36.9 Å². The first-order valence-corrected chi connectivity index (χ1v) is 5.32. The highest BCUT2D eigenvalue weighted by molar-refractivity contribution is 6.30. The Hall–Kier alpha value is -0.990. The lowest BCUT2D eigenvalue weighted by Crippen LogP contribution is -2.22. The molecular formula is C12H13ClO2. The minimum Gasteiger partial charge on any atom is -0.487 e. The highest BCUT2D eigenvalue weighted by Crippen LogP contribution is 2.24. The van der Waals surface area contributed by atoms with Crippen molar-refractivity contribution in [2.75, 3.05) is 6.61 Å². The van der Waals surface area contributed by atoms with Crippen molar-refractivity contribution in [2.24, 2.45) is 0 Å². The molecule has 1 aromatic carbocycles. The Labute approximate surface area is 94.5 Å². The fourth-order valence-electron chi connectivity index (χ4n) is 1.40. The van der Waals surface area contributed by atoms with Crippen LogP contribution in [0.25, 0.3) is 0 Å². The van der Waals surface area contributed by atoms with E-state index < -0.39 is 0 Å². The van der Waals surface area contributed by atoms with Crippen molar-refractivity contribution in [2.45, 2.75) is 18.6 Å². The van der Waals surface area contributed by atoms with Gasteiger partial charge in [0.15, 0.2) is 0 Å². The summed E-state index contributed by atoms with van der Waals surface area (Å²) in [6.07, 6.45) is 2.94. The molecule has 1 aliphatic heterocycles. The molecule has 0 spiro atoms. The minimum absolute atomic E-state index is 0.0728. The quantitative estimate of drug-likeness (QED) is 0.567. The average Bonchev–Trinajstić information content (AvgIpc) is 3.04. The summed E-state index contributed by atoms with van der Waals surface area (Å²) in [6, 6.07) is 7.35. The van der Waals surface area contributed by atoms with Crippen LogP contribution in [0.2, 0.25) is 5.02 Å². The van der Waals surface area contributed by atoms with E-state index in [0.717, 1.165) is 18.8 Å². The molecule has 1 aromatic rings. The van der Waals surface area contributed by atoms with Crippen LogP contribution in [0.3, 0.4) is 0 Å². The van der Waals surface area contributed by atoms with E-state index in [1.807, 2.05) is 30.3 Å². The molecule has 2 nitrogen and oxygen atoms in total. The standard InChI is InChI=1S/C12H13ClO2/c1-2-3-11(12-8-14-12)15-10-6-4-9(13)5-7-10/h2,4-7,11-12H,1,3,8H2. The molecule has 0 aliphatic carbocycles. The van der Waals surface area contributed by atoms with E-state index in [2.05, 4.69) is 6.58 Å². The number of epoxide rings is 1. The molecule has 0 radical (unpaired) electrons. The smallest absolute Gasteiger partial charge is 0.130 e. The zero-order valence-electron chi connectivity index (χ0n) is 8.36. The first kappa shape index (κ1) is 10.5. The van der Waals surface area contributed by atoms with Crippen molar-refractivity contribution in [3.05, 3.63) is 41.9 Å². The molecule has 2 rings (SSSR count). The van der Waals surface area contributed by atoms with Gasteiger partial charge in [-0.3, -0.25) is 0 Å². The van der Waals surface area contributed by atoms with E-state index in [1.165, 1.54) is 0 Å². The van der Waals surface area contributed by atoms with Crippen molar-refractivity contribution in [1.82, 2.24) is 0 Å². The number of benzene rings is 1. The van der Waals surface area contributed by atoms with Crippen LogP contribution < -0.4 is 4.74 Å². The first-order chi connectivity index (χ1) is 7.29. The Kier molecular flexibility index (Phi) is 3.29. The second-order valence-corrected chi connectivity index (χ2v) is 3.94. The molecule has 0 aromatic heterocycles. The van der Waals surface area contributed by atoms with Crippen molar-refractivity contribution in [1.29, 1.82) is 0 Å². The van der Waals surface area contributed by atoms with Gasteiger partial charge in [0, 0.05) is 11.4 Å². The molecule has 1 heterocycles. The molecule has 1 aliphatic rings. The maximum absolute atomic E-state index is 5.79. The fraction of sp³-hybridized carbons (Fsp3) is 0.333. The predicted molar refractivity (Wildman–Crippen MR) is 60.4 cm³/mol. The predicted octanol–water partition coefficient (Wildman–Crippen LogP) is 3.06. The summed E-state index contributed by atoms with van der Waals surface area (Å²) in [6.45, 7) is 4.49. The zero-order chi connectivity index (χ0) is 10.7. The van der Waals surface area contributed by atoms with Crippen LogP contribution in [0.1, 0.15) is 6.42 Å². The zero-order valence-corrected chi connectivity index (χ0v) is 9.11. The van der Waals surface area contributed by atoms with Gasteiger partial charge in [-0.25, -0.2) is 0 Å². The van der Waals surface area contributed by atoms with Crippen molar-refractivity contribution >= 4 is 11.6 Å². The molecule has 2 unspecified atom stereocenters. The number of halogens is 1. The SMILES string of the molecule is C=CCC(Oc1ccc(Cl)cc1)C1CO1. The van der Waals surface area contributed by atoms with Gasteiger partial charge in [0.2, 0.25) is 0 Å². The van der Waals surface area contributed by atoms with E-state index >= 15 is 0 Å². The van der Waals surface area contributed by atoms with Gasteiger partial charge in [0.1, 0.15) is 18.0 Å². The number of rotatable bonds is 5. The van der Waals surface area contributed by atoms with E-state index in [0.29, 0.717) is 5.02 Å². The molecule has 2 atom stereocenters. The van der Waals surface area contributed by atoms with Gasteiger partial charge in [-0.05, 0) is 24.3 Å². The molecule has 3 heteroatoms. The van der Waals surface area contributed by atoms with Crippen molar-refractivity contribution < 1.29 is 9.47 Å². The minimum atomic E-state index is 0.0728. The molecule has 80 valence electrons. The van der Waals surface area contributed by atoms with Gasteiger partial charge in [0.05, 0.1) is 6.61 Å². The number of ether oxygens (including phenoxy) is 2. The Bertz CT molecular complexity index is 330. The van der Waals surface area contributed by atoms with Crippen LogP contribution in [0.5, 0.6) is 5.75 Å². The van der Waals surface area contributed by atoms with E-state index in [1.54, 1.807) is 0 Å². The topological polar surface area (TPSA) is 21.8 Å². The first-order valence-electron chi connectivity index (χ1n) is 4.94. The Morgan fingerprint density at radius 1 is 1.53 bits per heavy atom.